The number of sulfonamides is 1. The average Bonchev–Trinajstić information content (AvgIpc) is 2.46. The molecule has 0 aliphatic carbocycles. The summed E-state index contributed by atoms with van der Waals surface area (Å²) in [5.74, 6) is -1.18. The Labute approximate surface area is 131 Å². The number of aliphatic carboxylic acids is 1. The molecule has 1 atom stereocenters. The minimum atomic E-state index is -4.66. The summed E-state index contributed by atoms with van der Waals surface area (Å²) in [5.41, 5.74) is -1.07. The van der Waals surface area contributed by atoms with Crippen LogP contribution in [-0.4, -0.2) is 49.5 Å². The van der Waals surface area contributed by atoms with Crippen LogP contribution in [0.25, 0.3) is 0 Å². The second-order valence-electron chi connectivity index (χ2n) is 5.10. The number of carbonyl (C=O) groups is 1. The summed E-state index contributed by atoms with van der Waals surface area (Å²) in [6, 6.07) is 2.59. The molecule has 0 spiro atoms. The van der Waals surface area contributed by atoms with Crippen LogP contribution in [0.2, 0.25) is 0 Å². The Morgan fingerprint density at radius 3 is 2.70 bits per heavy atom. The summed E-state index contributed by atoms with van der Waals surface area (Å²) in [6.07, 6.45) is -5.08. The molecule has 1 heterocycles. The summed E-state index contributed by atoms with van der Waals surface area (Å²) >= 11 is 0. The van der Waals surface area contributed by atoms with Crippen LogP contribution in [0.4, 0.5) is 13.2 Å². The second kappa shape index (κ2) is 6.46. The molecular weight excluding hydrogens is 337 g/mol. The van der Waals surface area contributed by atoms with Gasteiger partial charge in [-0.1, -0.05) is 6.07 Å². The zero-order valence-electron chi connectivity index (χ0n) is 11.9. The van der Waals surface area contributed by atoms with E-state index >= 15 is 0 Å². The van der Waals surface area contributed by atoms with Gasteiger partial charge in [0.15, 0.2) is 0 Å². The van der Waals surface area contributed by atoms with Crippen molar-refractivity contribution in [2.75, 3.05) is 19.6 Å². The van der Waals surface area contributed by atoms with Gasteiger partial charge in [-0.15, -0.1) is 0 Å². The molecule has 2 N–H and O–H groups in total. The first kappa shape index (κ1) is 17.7. The quantitative estimate of drug-likeness (QED) is 0.849. The minimum absolute atomic E-state index is 0.00345. The van der Waals surface area contributed by atoms with E-state index < -0.39 is 45.1 Å². The molecule has 10 heteroatoms. The van der Waals surface area contributed by atoms with Gasteiger partial charge < -0.3 is 10.4 Å². The van der Waals surface area contributed by atoms with Crippen molar-refractivity contribution < 1.29 is 31.5 Å². The van der Waals surface area contributed by atoms with Crippen molar-refractivity contribution >= 4 is 16.0 Å². The lowest BCUT2D eigenvalue weighted by molar-refractivity contribution is -0.138. The predicted molar refractivity (Wildman–Crippen MR) is 74.2 cm³/mol. The fourth-order valence-corrected chi connectivity index (χ4v) is 4.07. The molecule has 0 saturated carbocycles. The fourth-order valence-electron chi connectivity index (χ4n) is 2.40. The molecular formula is C13H15F3N2O4S. The zero-order valence-corrected chi connectivity index (χ0v) is 12.7. The molecule has 0 amide bonds. The van der Waals surface area contributed by atoms with Crippen molar-refractivity contribution in [2.24, 2.45) is 0 Å². The lowest BCUT2D eigenvalue weighted by Gasteiger charge is -2.34. The second-order valence-corrected chi connectivity index (χ2v) is 6.99. The van der Waals surface area contributed by atoms with Crippen molar-refractivity contribution in [3.05, 3.63) is 29.8 Å². The monoisotopic (exact) mass is 352 g/mol. The van der Waals surface area contributed by atoms with E-state index in [0.717, 1.165) is 22.5 Å². The first-order valence-electron chi connectivity index (χ1n) is 6.74. The highest BCUT2D eigenvalue weighted by Crippen LogP contribution is 2.31. The molecule has 0 aromatic heterocycles. The molecule has 1 fully saturated rings. The summed E-state index contributed by atoms with van der Waals surface area (Å²) in [6.45, 7) is 0.426. The third kappa shape index (κ3) is 4.01. The summed E-state index contributed by atoms with van der Waals surface area (Å²) < 4.78 is 64.4. The number of hydrogen-bond acceptors (Lipinski definition) is 4. The van der Waals surface area contributed by atoms with Gasteiger partial charge in [0.05, 0.1) is 16.9 Å². The molecule has 0 radical (unpaired) electrons. The summed E-state index contributed by atoms with van der Waals surface area (Å²) in [5, 5.41) is 11.8. The van der Waals surface area contributed by atoms with E-state index in [-0.39, 0.29) is 13.1 Å². The number of carboxylic acids is 1. The van der Waals surface area contributed by atoms with E-state index in [4.69, 9.17) is 5.11 Å². The highest BCUT2D eigenvalue weighted by atomic mass is 32.2. The van der Waals surface area contributed by atoms with E-state index in [1.165, 1.54) is 0 Å². The minimum Gasteiger partial charge on any atom is -0.481 e. The molecule has 1 unspecified atom stereocenters. The zero-order chi connectivity index (χ0) is 17.3. The highest BCUT2D eigenvalue weighted by Gasteiger charge is 2.36. The number of rotatable bonds is 4. The lowest BCUT2D eigenvalue weighted by Crippen LogP contribution is -2.54. The molecule has 128 valence electrons. The number of nitrogens with one attached hydrogen (secondary N) is 1. The van der Waals surface area contributed by atoms with Gasteiger partial charge in [0.1, 0.15) is 0 Å². The average molecular weight is 352 g/mol. The fraction of sp³-hybridized carbons (Fsp3) is 0.462. The number of piperazine rings is 1. The number of alkyl halides is 3. The predicted octanol–water partition coefficient (Wildman–Crippen LogP) is 1.14. The first-order chi connectivity index (χ1) is 10.6. The summed E-state index contributed by atoms with van der Waals surface area (Å²) in [4.78, 5) is 10.4. The van der Waals surface area contributed by atoms with Gasteiger partial charge in [0.25, 0.3) is 0 Å². The van der Waals surface area contributed by atoms with Crippen LogP contribution in [0, 0.1) is 0 Å². The van der Waals surface area contributed by atoms with Crippen molar-refractivity contribution in [3.8, 4) is 0 Å². The van der Waals surface area contributed by atoms with Crippen LogP contribution in [0.5, 0.6) is 0 Å². The third-order valence-corrected chi connectivity index (χ3v) is 5.42. The molecule has 1 aromatic rings. The van der Waals surface area contributed by atoms with Gasteiger partial charge in [0, 0.05) is 25.7 Å². The topological polar surface area (TPSA) is 86.7 Å². The van der Waals surface area contributed by atoms with E-state index in [2.05, 4.69) is 5.32 Å². The maximum atomic E-state index is 12.8. The third-order valence-electron chi connectivity index (χ3n) is 3.47. The van der Waals surface area contributed by atoms with Crippen molar-refractivity contribution in [1.82, 2.24) is 9.62 Å². The summed E-state index contributed by atoms with van der Waals surface area (Å²) in [7, 11) is -4.21. The van der Waals surface area contributed by atoms with E-state index in [1.54, 1.807) is 0 Å². The van der Waals surface area contributed by atoms with Gasteiger partial charge in [0.2, 0.25) is 10.0 Å². The molecule has 0 bridgehead atoms. The molecule has 1 aliphatic rings. The van der Waals surface area contributed by atoms with Gasteiger partial charge in [-0.2, -0.15) is 17.5 Å². The van der Waals surface area contributed by atoms with Crippen LogP contribution in [0.15, 0.2) is 29.2 Å². The molecule has 1 aliphatic heterocycles. The number of nitrogens with zero attached hydrogens (tertiary/aromatic N) is 1. The number of benzene rings is 1. The maximum Gasteiger partial charge on any atom is 0.416 e. The Morgan fingerprint density at radius 2 is 2.09 bits per heavy atom. The van der Waals surface area contributed by atoms with Gasteiger partial charge in [-0.3, -0.25) is 4.79 Å². The van der Waals surface area contributed by atoms with Crippen LogP contribution in [-0.2, 0) is 21.0 Å². The number of halogens is 3. The van der Waals surface area contributed by atoms with Gasteiger partial charge >= 0.3 is 12.1 Å². The molecule has 2 rings (SSSR count). The van der Waals surface area contributed by atoms with Crippen LogP contribution >= 0.6 is 0 Å². The normalized spacial score (nSPS) is 20.4. The van der Waals surface area contributed by atoms with Crippen molar-refractivity contribution in [1.29, 1.82) is 0 Å². The molecule has 23 heavy (non-hydrogen) atoms. The Bertz CT molecular complexity index is 691. The van der Waals surface area contributed by atoms with Crippen LogP contribution < -0.4 is 5.32 Å². The SMILES string of the molecule is O=C(O)CC1CNCCN1S(=O)(=O)c1cccc(C(F)(F)F)c1. The smallest absolute Gasteiger partial charge is 0.416 e. The van der Waals surface area contributed by atoms with Crippen molar-refractivity contribution in [2.45, 2.75) is 23.5 Å². The molecule has 6 nitrogen and oxygen atoms in total. The largest absolute Gasteiger partial charge is 0.481 e. The van der Waals surface area contributed by atoms with Crippen LogP contribution in [0.1, 0.15) is 12.0 Å². The molecule has 1 aromatic carbocycles. The Hall–Kier alpha value is -1.65. The standard InChI is InChI=1S/C13H15F3N2O4S/c14-13(15,16)9-2-1-3-11(6-9)23(21,22)18-5-4-17-8-10(18)7-12(19)20/h1-3,6,10,17H,4-5,7-8H2,(H,19,20). The Morgan fingerprint density at radius 1 is 1.39 bits per heavy atom. The van der Waals surface area contributed by atoms with Gasteiger partial charge in [-0.25, -0.2) is 8.42 Å². The van der Waals surface area contributed by atoms with Crippen LogP contribution in [0.3, 0.4) is 0 Å². The van der Waals surface area contributed by atoms with E-state index in [1.807, 2.05) is 0 Å². The lowest BCUT2D eigenvalue weighted by atomic mass is 10.2. The number of carboxylic acid groups (broad SMARTS) is 1. The van der Waals surface area contributed by atoms with E-state index in [9.17, 15) is 26.4 Å². The van der Waals surface area contributed by atoms with Gasteiger partial charge in [-0.05, 0) is 18.2 Å². The molecule has 1 saturated heterocycles. The first-order valence-corrected chi connectivity index (χ1v) is 8.18. The Kier molecular flexibility index (Phi) is 4.97. The maximum absolute atomic E-state index is 12.8. The van der Waals surface area contributed by atoms with Crippen molar-refractivity contribution in [3.63, 3.8) is 0 Å². The number of hydrogen-bond donors (Lipinski definition) is 2. The Balaban J connectivity index is 2.38. The van der Waals surface area contributed by atoms with E-state index in [0.29, 0.717) is 12.6 Å². The highest BCUT2D eigenvalue weighted by molar-refractivity contribution is 7.89.